The second-order valence-electron chi connectivity index (χ2n) is 15.8. The fraction of sp³-hybridized carbons (Fsp3) is 0.306. The van der Waals surface area contributed by atoms with Crippen molar-refractivity contribution in [3.8, 4) is 0 Å². The molecular formula is C49H46O2. The van der Waals surface area contributed by atoms with Gasteiger partial charge in [-0.1, -0.05) is 148 Å². The number of hydrogen-bond donors (Lipinski definition) is 0. The maximum Gasteiger partial charge on any atom is 0.167 e. The minimum atomic E-state index is 0.148. The molecule has 0 spiro atoms. The van der Waals surface area contributed by atoms with E-state index in [0.717, 1.165) is 71.3 Å². The largest absolute Gasteiger partial charge is 0.294 e. The molecule has 2 fully saturated rings. The lowest BCUT2D eigenvalue weighted by atomic mass is 9.79. The molecule has 51 heavy (non-hydrogen) atoms. The lowest BCUT2D eigenvalue weighted by Gasteiger charge is -2.26. The highest BCUT2D eigenvalue weighted by atomic mass is 16.1. The first-order valence-corrected chi connectivity index (χ1v) is 19.4. The minimum Gasteiger partial charge on any atom is -0.294 e. The topological polar surface area (TPSA) is 34.1 Å². The highest BCUT2D eigenvalue weighted by Gasteiger charge is 2.22. The molecule has 2 aliphatic carbocycles. The molecule has 0 N–H and O–H groups in total. The van der Waals surface area contributed by atoms with Crippen LogP contribution >= 0.6 is 0 Å². The fourth-order valence-electron chi connectivity index (χ4n) is 9.60. The molecule has 0 heterocycles. The molecular weight excluding hydrogens is 621 g/mol. The summed E-state index contributed by atoms with van der Waals surface area (Å²) in [5, 5.41) is 8.78. The highest BCUT2D eigenvalue weighted by Crippen LogP contribution is 2.43. The van der Waals surface area contributed by atoms with Crippen LogP contribution in [0.3, 0.4) is 0 Å². The van der Waals surface area contributed by atoms with Gasteiger partial charge in [-0.2, -0.15) is 0 Å². The lowest BCUT2D eigenvalue weighted by Crippen LogP contribution is -2.11. The predicted octanol–water partition coefficient (Wildman–Crippen LogP) is 12.9. The van der Waals surface area contributed by atoms with Crippen LogP contribution in [0, 0.1) is 5.92 Å². The van der Waals surface area contributed by atoms with E-state index < -0.39 is 0 Å². The van der Waals surface area contributed by atoms with Crippen LogP contribution < -0.4 is 0 Å². The van der Waals surface area contributed by atoms with Gasteiger partial charge < -0.3 is 0 Å². The zero-order chi connectivity index (χ0) is 34.5. The van der Waals surface area contributed by atoms with Gasteiger partial charge >= 0.3 is 0 Å². The Bertz CT molecular complexity index is 2360. The molecule has 7 aromatic carbocycles. The number of benzene rings is 7. The van der Waals surface area contributed by atoms with Crippen molar-refractivity contribution in [3.63, 3.8) is 0 Å². The molecule has 0 unspecified atom stereocenters. The quantitative estimate of drug-likeness (QED) is 0.0919. The summed E-state index contributed by atoms with van der Waals surface area (Å²) in [4.78, 5) is 27.9. The third-order valence-electron chi connectivity index (χ3n) is 12.5. The van der Waals surface area contributed by atoms with E-state index in [1.54, 1.807) is 0 Å². The number of carbonyl (C=O) groups excluding carboxylic acids is 2. The molecule has 2 saturated carbocycles. The summed E-state index contributed by atoms with van der Waals surface area (Å²) >= 11 is 0. The van der Waals surface area contributed by atoms with E-state index in [1.807, 2.05) is 12.1 Å². The van der Waals surface area contributed by atoms with Gasteiger partial charge in [0.1, 0.15) is 0 Å². The SMILES string of the molecule is CC1CCC(c2ccc(CC(=O)c3ccc4c5cccc6c(C(=O)Cc7ccc(C8CCCCC8)cc7)ccc(c7cccc3c74)c65)cc2)CC1. The Hall–Kier alpha value is -4.82. The van der Waals surface area contributed by atoms with Gasteiger partial charge in [0.05, 0.1) is 0 Å². The number of Topliss-reactive ketones (excluding diaryl/α,β-unsaturated/α-hetero) is 2. The maximum atomic E-state index is 13.9. The van der Waals surface area contributed by atoms with Crippen molar-refractivity contribution in [2.24, 2.45) is 5.92 Å². The summed E-state index contributed by atoms with van der Waals surface area (Å²) in [5.74, 6) is 2.45. The van der Waals surface area contributed by atoms with Crippen LogP contribution in [0.4, 0.5) is 0 Å². The molecule has 9 rings (SSSR count). The summed E-state index contributed by atoms with van der Waals surface area (Å²) in [6.45, 7) is 2.36. The average Bonchev–Trinajstić information content (AvgIpc) is 3.17. The van der Waals surface area contributed by atoms with Crippen LogP contribution in [-0.4, -0.2) is 11.6 Å². The van der Waals surface area contributed by atoms with E-state index in [-0.39, 0.29) is 11.6 Å². The Kier molecular flexibility index (Phi) is 8.43. The van der Waals surface area contributed by atoms with E-state index >= 15 is 0 Å². The van der Waals surface area contributed by atoms with Crippen molar-refractivity contribution in [2.75, 3.05) is 0 Å². The Morgan fingerprint density at radius 1 is 0.451 bits per heavy atom. The van der Waals surface area contributed by atoms with E-state index in [2.05, 4.69) is 104 Å². The van der Waals surface area contributed by atoms with Gasteiger partial charge in [0.15, 0.2) is 11.6 Å². The van der Waals surface area contributed by atoms with Crippen molar-refractivity contribution >= 4 is 54.7 Å². The van der Waals surface area contributed by atoms with Gasteiger partial charge in [0.2, 0.25) is 0 Å². The summed E-state index contributed by atoms with van der Waals surface area (Å²) in [5.41, 5.74) is 6.53. The van der Waals surface area contributed by atoms with Crippen LogP contribution in [0.25, 0.3) is 43.1 Å². The molecule has 0 amide bonds. The number of carbonyl (C=O) groups is 2. The molecule has 0 aromatic heterocycles. The van der Waals surface area contributed by atoms with Crippen LogP contribution in [0.5, 0.6) is 0 Å². The van der Waals surface area contributed by atoms with Crippen molar-refractivity contribution < 1.29 is 9.59 Å². The highest BCUT2D eigenvalue weighted by molar-refractivity contribution is 6.35. The Balaban J connectivity index is 1.02. The van der Waals surface area contributed by atoms with E-state index in [0.29, 0.717) is 24.7 Å². The van der Waals surface area contributed by atoms with Gasteiger partial charge in [-0.25, -0.2) is 0 Å². The van der Waals surface area contributed by atoms with Gasteiger partial charge in [-0.15, -0.1) is 0 Å². The third-order valence-corrected chi connectivity index (χ3v) is 12.5. The Labute approximate surface area is 301 Å². The summed E-state index contributed by atoms with van der Waals surface area (Å²) in [7, 11) is 0. The fourth-order valence-corrected chi connectivity index (χ4v) is 9.60. The normalized spacial score (nSPS) is 18.6. The summed E-state index contributed by atoms with van der Waals surface area (Å²) in [6.07, 6.45) is 12.5. The molecule has 254 valence electrons. The van der Waals surface area contributed by atoms with E-state index in [4.69, 9.17) is 0 Å². The van der Waals surface area contributed by atoms with Crippen LogP contribution in [-0.2, 0) is 12.8 Å². The Morgan fingerprint density at radius 2 is 0.863 bits per heavy atom. The van der Waals surface area contributed by atoms with Crippen molar-refractivity contribution in [2.45, 2.75) is 89.4 Å². The zero-order valence-corrected chi connectivity index (χ0v) is 29.7. The van der Waals surface area contributed by atoms with E-state index in [1.165, 1.54) is 68.9 Å². The third kappa shape index (κ3) is 5.93. The summed E-state index contributed by atoms with van der Waals surface area (Å²) in [6, 6.07) is 38.7. The molecule has 0 atom stereocenters. The van der Waals surface area contributed by atoms with Gasteiger partial charge in [0, 0.05) is 24.0 Å². The molecule has 0 aliphatic heterocycles. The van der Waals surface area contributed by atoms with Gasteiger partial charge in [-0.05, 0) is 109 Å². The first-order valence-electron chi connectivity index (χ1n) is 19.4. The van der Waals surface area contributed by atoms with Gasteiger partial charge in [-0.3, -0.25) is 9.59 Å². The Morgan fingerprint density at radius 3 is 1.33 bits per heavy atom. The van der Waals surface area contributed by atoms with Crippen molar-refractivity contribution in [1.29, 1.82) is 0 Å². The monoisotopic (exact) mass is 666 g/mol. The number of ketones is 2. The first-order chi connectivity index (χ1) is 25.0. The molecule has 0 saturated heterocycles. The zero-order valence-electron chi connectivity index (χ0n) is 29.7. The molecule has 0 radical (unpaired) electrons. The van der Waals surface area contributed by atoms with Crippen molar-refractivity contribution in [3.05, 3.63) is 143 Å². The minimum absolute atomic E-state index is 0.148. The molecule has 2 nitrogen and oxygen atoms in total. The lowest BCUT2D eigenvalue weighted by molar-refractivity contribution is 0.0986. The second-order valence-corrected chi connectivity index (χ2v) is 15.8. The molecule has 0 bridgehead atoms. The smallest absolute Gasteiger partial charge is 0.167 e. The van der Waals surface area contributed by atoms with E-state index in [9.17, 15) is 9.59 Å². The van der Waals surface area contributed by atoms with Crippen LogP contribution in [0.1, 0.15) is 120 Å². The molecule has 2 heteroatoms. The average molecular weight is 667 g/mol. The van der Waals surface area contributed by atoms with Crippen LogP contribution in [0.2, 0.25) is 0 Å². The predicted molar refractivity (Wildman–Crippen MR) is 213 cm³/mol. The standard InChI is InChI=1S/C49H46O2/c1-31-13-19-35(20-14-31)37-23-17-33(18-24-37)30-47(51)39-26-28-45-42-11-5-9-40-38(25-27-44(48(40)42)43-12-6-10-41(39)49(43)45)46(50)29-32-15-21-36(22-16-32)34-7-3-2-4-8-34/h5-6,9-12,15-18,21-28,31,34-35H,2-4,7-8,13-14,19-20,29-30H2,1H3. The van der Waals surface area contributed by atoms with Crippen LogP contribution in [0.15, 0.2) is 109 Å². The second kappa shape index (κ2) is 13.4. The number of hydrogen-bond acceptors (Lipinski definition) is 2. The maximum absolute atomic E-state index is 13.9. The molecule has 7 aromatic rings. The van der Waals surface area contributed by atoms with Crippen molar-refractivity contribution in [1.82, 2.24) is 0 Å². The number of fused-ring (bicyclic) bond motifs is 2. The first kappa shape index (κ1) is 32.1. The van der Waals surface area contributed by atoms with Gasteiger partial charge in [0.25, 0.3) is 0 Å². The summed E-state index contributed by atoms with van der Waals surface area (Å²) < 4.78 is 0. The number of rotatable bonds is 8. The molecule has 2 aliphatic rings.